The van der Waals surface area contributed by atoms with Crippen LogP contribution in [0.15, 0.2) is 24.3 Å². The summed E-state index contributed by atoms with van der Waals surface area (Å²) in [5, 5.41) is 12.8. The summed E-state index contributed by atoms with van der Waals surface area (Å²) >= 11 is 6.02. The number of nitrogens with zero attached hydrogens (tertiary/aromatic N) is 1. The van der Waals surface area contributed by atoms with Gasteiger partial charge in [0.1, 0.15) is 0 Å². The Balaban J connectivity index is 1.62. The Morgan fingerprint density at radius 1 is 1.19 bits per heavy atom. The summed E-state index contributed by atoms with van der Waals surface area (Å²) in [4.78, 5) is 25.3. The first kappa shape index (κ1) is 19.0. The minimum Gasteiger partial charge on any atom is -0.481 e. The number of carbonyl (C=O) groups is 2. The van der Waals surface area contributed by atoms with E-state index in [4.69, 9.17) is 21.4 Å². The van der Waals surface area contributed by atoms with Crippen molar-refractivity contribution in [2.45, 2.75) is 31.1 Å². The van der Waals surface area contributed by atoms with Gasteiger partial charge in [-0.15, -0.1) is 0 Å². The number of nitrogens with one attached hydrogen (secondary N) is 1. The Labute approximate surface area is 158 Å². The van der Waals surface area contributed by atoms with Crippen molar-refractivity contribution in [2.75, 3.05) is 32.8 Å². The number of urea groups is 1. The first-order valence-corrected chi connectivity index (χ1v) is 9.47. The van der Waals surface area contributed by atoms with Gasteiger partial charge < -0.3 is 20.1 Å². The molecule has 1 aromatic rings. The van der Waals surface area contributed by atoms with Crippen molar-refractivity contribution >= 4 is 23.6 Å². The third-order valence-corrected chi connectivity index (χ3v) is 5.87. The number of likely N-dealkylation sites (tertiary alicyclic amines) is 1. The van der Waals surface area contributed by atoms with Crippen LogP contribution in [0.2, 0.25) is 5.02 Å². The van der Waals surface area contributed by atoms with Gasteiger partial charge in [0, 0.05) is 43.3 Å². The summed E-state index contributed by atoms with van der Waals surface area (Å²) in [6, 6.07) is 7.70. The molecule has 0 aromatic heterocycles. The van der Waals surface area contributed by atoms with E-state index in [1.807, 2.05) is 24.3 Å². The average Bonchev–Trinajstić information content (AvgIpc) is 2.67. The van der Waals surface area contributed by atoms with E-state index < -0.39 is 5.97 Å². The second-order valence-corrected chi connectivity index (χ2v) is 7.59. The van der Waals surface area contributed by atoms with Crippen LogP contribution in [0, 0.1) is 5.92 Å². The third kappa shape index (κ3) is 4.30. The molecule has 0 atom stereocenters. The van der Waals surface area contributed by atoms with Crippen LogP contribution in [0.3, 0.4) is 0 Å². The molecular formula is C19H25ClN2O4. The minimum absolute atomic E-state index is 0.117. The molecule has 0 saturated carbocycles. The summed E-state index contributed by atoms with van der Waals surface area (Å²) in [5.74, 6) is -1.11. The van der Waals surface area contributed by atoms with Crippen molar-refractivity contribution in [3.63, 3.8) is 0 Å². The van der Waals surface area contributed by atoms with Gasteiger partial charge in [0.2, 0.25) is 0 Å². The van der Waals surface area contributed by atoms with Crippen molar-refractivity contribution in [3.05, 3.63) is 34.9 Å². The number of hydrogen-bond donors (Lipinski definition) is 2. The number of piperidine rings is 1. The zero-order chi connectivity index (χ0) is 18.6. The van der Waals surface area contributed by atoms with Crippen LogP contribution in [0.5, 0.6) is 0 Å². The van der Waals surface area contributed by atoms with Crippen LogP contribution in [0.1, 0.15) is 31.2 Å². The Hall–Kier alpha value is -1.79. The molecule has 0 unspecified atom stereocenters. The number of hydrogen-bond acceptors (Lipinski definition) is 3. The van der Waals surface area contributed by atoms with Crippen LogP contribution in [-0.4, -0.2) is 54.9 Å². The number of carbonyl (C=O) groups excluding carboxylic acids is 1. The third-order valence-electron chi connectivity index (χ3n) is 5.62. The molecule has 6 nitrogen and oxygen atoms in total. The van der Waals surface area contributed by atoms with E-state index in [9.17, 15) is 9.59 Å². The van der Waals surface area contributed by atoms with Crippen molar-refractivity contribution in [1.82, 2.24) is 10.2 Å². The van der Waals surface area contributed by atoms with Crippen molar-refractivity contribution in [2.24, 2.45) is 5.92 Å². The zero-order valence-electron chi connectivity index (χ0n) is 14.7. The molecule has 142 valence electrons. The fourth-order valence-corrected chi connectivity index (χ4v) is 3.95. The van der Waals surface area contributed by atoms with Gasteiger partial charge in [-0.05, 0) is 43.4 Å². The molecule has 0 radical (unpaired) electrons. The maximum absolute atomic E-state index is 12.6. The van der Waals surface area contributed by atoms with Crippen LogP contribution in [0.25, 0.3) is 0 Å². The van der Waals surface area contributed by atoms with Crippen molar-refractivity contribution in [3.8, 4) is 0 Å². The predicted octanol–water partition coefficient (Wildman–Crippen LogP) is 2.89. The lowest BCUT2D eigenvalue weighted by Gasteiger charge is -2.39. The standard InChI is InChI=1S/C19H25ClN2O4/c20-16-3-1-15(2-4-16)19(7-11-26-12-8-19)13-21-18(25)22-9-5-14(6-10-22)17(23)24/h1-4,14H,5-13H2,(H,21,25)(H,23,24). The molecule has 7 heteroatoms. The molecule has 0 bridgehead atoms. The number of rotatable bonds is 4. The van der Waals surface area contributed by atoms with Crippen molar-refractivity contribution < 1.29 is 19.4 Å². The number of carboxylic acids is 1. The molecule has 2 heterocycles. The van der Waals surface area contributed by atoms with E-state index in [-0.39, 0.29) is 17.4 Å². The second-order valence-electron chi connectivity index (χ2n) is 7.16. The van der Waals surface area contributed by atoms with Crippen LogP contribution in [-0.2, 0) is 14.9 Å². The van der Waals surface area contributed by atoms with E-state index in [1.165, 1.54) is 0 Å². The van der Waals surface area contributed by atoms with Gasteiger partial charge in [-0.3, -0.25) is 4.79 Å². The van der Waals surface area contributed by atoms with Gasteiger partial charge in [-0.2, -0.15) is 0 Å². The Kier molecular flexibility index (Phi) is 6.04. The number of aliphatic carboxylic acids is 1. The van der Waals surface area contributed by atoms with Crippen molar-refractivity contribution in [1.29, 1.82) is 0 Å². The fourth-order valence-electron chi connectivity index (χ4n) is 3.82. The fraction of sp³-hybridized carbons (Fsp3) is 0.579. The molecular weight excluding hydrogens is 356 g/mol. The predicted molar refractivity (Wildman–Crippen MR) is 98.5 cm³/mol. The second kappa shape index (κ2) is 8.27. The monoisotopic (exact) mass is 380 g/mol. The van der Waals surface area contributed by atoms with Gasteiger partial charge in [0.05, 0.1) is 5.92 Å². The summed E-state index contributed by atoms with van der Waals surface area (Å²) in [5.41, 5.74) is 1.01. The van der Waals surface area contributed by atoms with Crippen LogP contribution >= 0.6 is 11.6 Å². The highest BCUT2D eigenvalue weighted by atomic mass is 35.5. The lowest BCUT2D eigenvalue weighted by atomic mass is 9.74. The largest absolute Gasteiger partial charge is 0.481 e. The molecule has 2 saturated heterocycles. The number of amides is 2. The highest BCUT2D eigenvalue weighted by Crippen LogP contribution is 2.35. The normalized spacial score (nSPS) is 20.6. The Morgan fingerprint density at radius 2 is 1.81 bits per heavy atom. The van der Waals surface area contributed by atoms with Gasteiger partial charge in [-0.25, -0.2) is 4.79 Å². The van der Waals surface area contributed by atoms with Gasteiger partial charge in [0.25, 0.3) is 0 Å². The molecule has 0 spiro atoms. The summed E-state index contributed by atoms with van der Waals surface area (Å²) in [6.07, 6.45) is 2.71. The number of ether oxygens (including phenoxy) is 1. The Bertz CT molecular complexity index is 635. The molecule has 3 rings (SSSR count). The quantitative estimate of drug-likeness (QED) is 0.841. The molecule has 0 aliphatic carbocycles. The Morgan fingerprint density at radius 3 is 2.38 bits per heavy atom. The lowest BCUT2D eigenvalue weighted by Crippen LogP contribution is -2.50. The number of halogens is 1. The van der Waals surface area contributed by atoms with E-state index in [2.05, 4.69) is 5.32 Å². The summed E-state index contributed by atoms with van der Waals surface area (Å²) in [6.45, 7) is 2.85. The maximum Gasteiger partial charge on any atom is 0.317 e. The molecule has 2 N–H and O–H groups in total. The molecule has 2 aliphatic heterocycles. The smallest absolute Gasteiger partial charge is 0.317 e. The van der Waals surface area contributed by atoms with Crippen LogP contribution in [0.4, 0.5) is 4.79 Å². The van der Waals surface area contributed by atoms with Gasteiger partial charge in [0.15, 0.2) is 0 Å². The molecule has 26 heavy (non-hydrogen) atoms. The van der Waals surface area contributed by atoms with Crippen LogP contribution < -0.4 is 5.32 Å². The topological polar surface area (TPSA) is 78.9 Å². The minimum atomic E-state index is -0.769. The average molecular weight is 381 g/mol. The van der Waals surface area contributed by atoms with Gasteiger partial charge >= 0.3 is 12.0 Å². The molecule has 2 aliphatic rings. The number of carboxylic acid groups (broad SMARTS) is 1. The highest BCUT2D eigenvalue weighted by molar-refractivity contribution is 6.30. The highest BCUT2D eigenvalue weighted by Gasteiger charge is 2.35. The molecule has 2 amide bonds. The SMILES string of the molecule is O=C(O)C1CCN(C(=O)NCC2(c3ccc(Cl)cc3)CCOCC2)CC1. The summed E-state index contributed by atoms with van der Waals surface area (Å²) < 4.78 is 5.52. The van der Waals surface area contributed by atoms with E-state index in [0.29, 0.717) is 50.7 Å². The lowest BCUT2D eigenvalue weighted by molar-refractivity contribution is -0.143. The van der Waals surface area contributed by atoms with E-state index in [0.717, 1.165) is 18.4 Å². The van der Waals surface area contributed by atoms with E-state index in [1.54, 1.807) is 4.90 Å². The maximum atomic E-state index is 12.6. The molecule has 2 fully saturated rings. The summed E-state index contributed by atoms with van der Waals surface area (Å²) in [7, 11) is 0. The number of benzene rings is 1. The molecule has 1 aromatic carbocycles. The van der Waals surface area contributed by atoms with Gasteiger partial charge in [-0.1, -0.05) is 23.7 Å². The first-order valence-electron chi connectivity index (χ1n) is 9.10. The van der Waals surface area contributed by atoms with E-state index >= 15 is 0 Å². The first-order chi connectivity index (χ1) is 12.5. The zero-order valence-corrected chi connectivity index (χ0v) is 15.5.